The van der Waals surface area contributed by atoms with Crippen molar-refractivity contribution < 1.29 is 9.72 Å². The molecule has 0 aliphatic rings. The Hall–Kier alpha value is -4.82. The van der Waals surface area contributed by atoms with Gasteiger partial charge in [-0.05, 0) is 64.2 Å². The maximum atomic E-state index is 12.5. The summed E-state index contributed by atoms with van der Waals surface area (Å²) in [5, 5.41) is 35.8. The van der Waals surface area contributed by atoms with E-state index >= 15 is 0 Å². The molecule has 0 aliphatic carbocycles. The Bertz CT molecular complexity index is 1410. The predicted molar refractivity (Wildman–Crippen MR) is 125 cm³/mol. The molecule has 1 amide bonds. The lowest BCUT2D eigenvalue weighted by Gasteiger charge is -2.06. The van der Waals surface area contributed by atoms with Gasteiger partial charge in [-0.3, -0.25) is 14.9 Å². The number of tetrazole rings is 1. The fraction of sp³-hybridized carbons (Fsp3) is 0. The van der Waals surface area contributed by atoms with E-state index in [1.807, 2.05) is 36.4 Å². The third kappa shape index (κ3) is 5.14. The lowest BCUT2D eigenvalue weighted by molar-refractivity contribution is -0.387. The topological polar surface area (TPSA) is 140 Å². The number of nitro groups is 1. The minimum absolute atomic E-state index is 0.188. The van der Waals surface area contributed by atoms with Crippen molar-refractivity contribution in [2.24, 2.45) is 0 Å². The Kier molecular flexibility index (Phi) is 6.71. The monoisotopic (exact) mass is 469 g/mol. The van der Waals surface area contributed by atoms with Crippen molar-refractivity contribution in [1.82, 2.24) is 20.2 Å². The highest BCUT2D eigenvalue weighted by Crippen LogP contribution is 2.35. The summed E-state index contributed by atoms with van der Waals surface area (Å²) in [6.45, 7) is 0. The number of hydrogen-bond donors (Lipinski definition) is 1. The molecule has 166 valence electrons. The third-order valence-corrected chi connectivity index (χ3v) is 5.53. The molecule has 1 N–H and O–H groups in total. The second-order valence-corrected chi connectivity index (χ2v) is 7.79. The van der Waals surface area contributed by atoms with Crippen LogP contribution >= 0.6 is 11.8 Å². The fourth-order valence-electron chi connectivity index (χ4n) is 2.96. The van der Waals surface area contributed by atoms with Gasteiger partial charge < -0.3 is 5.32 Å². The van der Waals surface area contributed by atoms with E-state index in [0.717, 1.165) is 11.8 Å². The molecule has 4 rings (SSSR count). The van der Waals surface area contributed by atoms with E-state index in [2.05, 4.69) is 20.8 Å². The number of aromatic nitrogens is 4. The van der Waals surface area contributed by atoms with Gasteiger partial charge in [0.1, 0.15) is 11.6 Å². The third-order valence-electron chi connectivity index (χ3n) is 4.53. The van der Waals surface area contributed by atoms with Crippen LogP contribution in [0, 0.1) is 21.4 Å². The standard InChI is InChI=1S/C23H15N7O3S/c24-15-17(22(31)25-18-7-3-1-4-8-18)13-16-11-12-21(20(14-16)30(32)33)34-23-26-27-28-29(23)19-9-5-2-6-10-19/h1-14H,(H,25,31)/b17-13+. The number of carbonyl (C=O) groups is 1. The second kappa shape index (κ2) is 10.2. The van der Waals surface area contributed by atoms with Gasteiger partial charge in [0.25, 0.3) is 11.6 Å². The van der Waals surface area contributed by atoms with Crippen LogP contribution in [0.15, 0.2) is 94.5 Å². The first-order valence-electron chi connectivity index (χ1n) is 9.83. The van der Waals surface area contributed by atoms with E-state index in [1.165, 1.54) is 22.9 Å². The first-order chi connectivity index (χ1) is 16.5. The van der Waals surface area contributed by atoms with Crippen molar-refractivity contribution in [3.8, 4) is 11.8 Å². The zero-order valence-corrected chi connectivity index (χ0v) is 18.2. The Morgan fingerprint density at radius 1 is 1.09 bits per heavy atom. The van der Waals surface area contributed by atoms with Gasteiger partial charge in [0.15, 0.2) is 0 Å². The van der Waals surface area contributed by atoms with Crippen LogP contribution in [-0.4, -0.2) is 31.0 Å². The zero-order chi connectivity index (χ0) is 23.9. The summed E-state index contributed by atoms with van der Waals surface area (Å²) >= 11 is 1.03. The molecule has 1 aromatic heterocycles. The van der Waals surface area contributed by atoms with Crippen LogP contribution in [0.4, 0.5) is 11.4 Å². The highest BCUT2D eigenvalue weighted by atomic mass is 32.2. The van der Waals surface area contributed by atoms with Crippen molar-refractivity contribution in [3.05, 3.63) is 100 Å². The Balaban J connectivity index is 1.61. The quantitative estimate of drug-likeness (QED) is 0.183. The molecule has 0 aliphatic heterocycles. The smallest absolute Gasteiger partial charge is 0.283 e. The maximum Gasteiger partial charge on any atom is 0.283 e. The number of nitro benzene ring substituents is 1. The van der Waals surface area contributed by atoms with Gasteiger partial charge in [-0.15, -0.1) is 5.10 Å². The molecule has 3 aromatic carbocycles. The van der Waals surface area contributed by atoms with Crippen LogP contribution < -0.4 is 5.32 Å². The molecule has 0 saturated heterocycles. The van der Waals surface area contributed by atoms with E-state index in [-0.39, 0.29) is 11.3 Å². The minimum atomic E-state index is -0.614. The Labute approximate surface area is 197 Å². The second-order valence-electron chi connectivity index (χ2n) is 6.79. The molecule has 11 heteroatoms. The minimum Gasteiger partial charge on any atom is -0.321 e. The summed E-state index contributed by atoms with van der Waals surface area (Å²) in [4.78, 5) is 24.0. The number of rotatable bonds is 7. The Morgan fingerprint density at radius 3 is 2.47 bits per heavy atom. The normalized spacial score (nSPS) is 11.0. The zero-order valence-electron chi connectivity index (χ0n) is 17.4. The number of hydrogen-bond acceptors (Lipinski definition) is 8. The first kappa shape index (κ1) is 22.4. The molecule has 0 fully saturated rings. The summed E-state index contributed by atoms with van der Waals surface area (Å²) < 4.78 is 1.48. The van der Waals surface area contributed by atoms with Gasteiger partial charge in [-0.2, -0.15) is 9.94 Å². The highest BCUT2D eigenvalue weighted by Gasteiger charge is 2.20. The van der Waals surface area contributed by atoms with Crippen molar-refractivity contribution in [3.63, 3.8) is 0 Å². The van der Waals surface area contributed by atoms with Gasteiger partial charge in [0.2, 0.25) is 5.16 Å². The lowest BCUT2D eigenvalue weighted by atomic mass is 10.1. The summed E-state index contributed by atoms with van der Waals surface area (Å²) in [5.41, 5.74) is 1.18. The average molecular weight is 469 g/mol. The molecule has 4 aromatic rings. The predicted octanol–water partition coefficient (Wildman–Crippen LogP) is 4.27. The molecule has 0 spiro atoms. The van der Waals surface area contributed by atoms with Gasteiger partial charge in [0, 0.05) is 11.8 Å². The number of carbonyl (C=O) groups excluding carboxylic acids is 1. The summed E-state index contributed by atoms with van der Waals surface area (Å²) in [6.07, 6.45) is 1.30. The average Bonchev–Trinajstić information content (AvgIpc) is 3.32. The number of nitriles is 1. The van der Waals surface area contributed by atoms with Crippen LogP contribution in [-0.2, 0) is 4.79 Å². The van der Waals surface area contributed by atoms with E-state index < -0.39 is 10.8 Å². The van der Waals surface area contributed by atoms with E-state index in [4.69, 9.17) is 0 Å². The van der Waals surface area contributed by atoms with Gasteiger partial charge in [0.05, 0.1) is 15.5 Å². The molecule has 0 saturated carbocycles. The van der Waals surface area contributed by atoms with E-state index in [9.17, 15) is 20.2 Å². The van der Waals surface area contributed by atoms with Crippen LogP contribution in [0.1, 0.15) is 5.56 Å². The van der Waals surface area contributed by atoms with Crippen LogP contribution in [0.25, 0.3) is 11.8 Å². The van der Waals surface area contributed by atoms with Crippen molar-refractivity contribution in [2.45, 2.75) is 10.1 Å². The number of anilines is 1. The number of nitrogens with one attached hydrogen (secondary N) is 1. The van der Waals surface area contributed by atoms with Crippen LogP contribution in [0.3, 0.4) is 0 Å². The Morgan fingerprint density at radius 2 is 1.79 bits per heavy atom. The van der Waals surface area contributed by atoms with Crippen molar-refractivity contribution in [2.75, 3.05) is 5.32 Å². The molecule has 0 radical (unpaired) electrons. The molecule has 0 bridgehead atoms. The number of amides is 1. The first-order valence-corrected chi connectivity index (χ1v) is 10.6. The molecule has 0 unspecified atom stereocenters. The molecule has 34 heavy (non-hydrogen) atoms. The number of nitrogens with zero attached hydrogens (tertiary/aromatic N) is 6. The lowest BCUT2D eigenvalue weighted by Crippen LogP contribution is -2.13. The summed E-state index contributed by atoms with van der Waals surface area (Å²) in [5.74, 6) is -0.614. The number of para-hydroxylation sites is 2. The van der Waals surface area contributed by atoms with Gasteiger partial charge >= 0.3 is 0 Å². The maximum absolute atomic E-state index is 12.5. The fourth-order valence-corrected chi connectivity index (χ4v) is 3.84. The van der Waals surface area contributed by atoms with Crippen molar-refractivity contribution >= 4 is 35.1 Å². The van der Waals surface area contributed by atoms with Gasteiger partial charge in [-0.1, -0.05) is 42.5 Å². The highest BCUT2D eigenvalue weighted by molar-refractivity contribution is 7.99. The van der Waals surface area contributed by atoms with E-state index in [1.54, 1.807) is 36.4 Å². The SMILES string of the molecule is N#C/C(=C\c1ccc(Sc2nnnn2-c2ccccc2)c([N+](=O)[O-])c1)C(=O)Nc1ccccc1. The van der Waals surface area contributed by atoms with Gasteiger partial charge in [-0.25, -0.2) is 0 Å². The molecular formula is C23H15N7O3S. The summed E-state index contributed by atoms with van der Waals surface area (Å²) in [7, 11) is 0. The number of benzene rings is 3. The van der Waals surface area contributed by atoms with Crippen LogP contribution in [0.5, 0.6) is 0 Å². The molecular weight excluding hydrogens is 454 g/mol. The van der Waals surface area contributed by atoms with E-state index in [0.29, 0.717) is 27.0 Å². The molecule has 10 nitrogen and oxygen atoms in total. The molecule has 1 heterocycles. The summed E-state index contributed by atoms with van der Waals surface area (Å²) in [6, 6.07) is 24.1. The largest absolute Gasteiger partial charge is 0.321 e. The van der Waals surface area contributed by atoms with Crippen molar-refractivity contribution in [1.29, 1.82) is 5.26 Å². The van der Waals surface area contributed by atoms with Crippen LogP contribution in [0.2, 0.25) is 0 Å². The molecule has 0 atom stereocenters.